The van der Waals surface area contributed by atoms with E-state index >= 15 is 0 Å². The van der Waals surface area contributed by atoms with Gasteiger partial charge in [-0.25, -0.2) is 0 Å². The highest BCUT2D eigenvalue weighted by molar-refractivity contribution is 6.19. The average Bonchev–Trinajstić information content (AvgIpc) is 3.65. The summed E-state index contributed by atoms with van der Waals surface area (Å²) in [6.45, 7) is 0. The molecular formula is C52H35NO. The standard InChI is InChI=1S/C52H35NO/c1-4-12-36(13-5-1)38-20-22-39(23-21-38)41-26-31-45(32-27-41)53(44-29-24-40(25-30-44)37-14-6-2-7-15-37)50-46(42-16-8-3-9-17-42)34-35-49-48-33-28-43-18-10-11-19-47(43)51(48)54-52(49)50/h1-35H. The Morgan fingerprint density at radius 1 is 0.278 bits per heavy atom. The van der Waals surface area contributed by atoms with Gasteiger partial charge in [-0.1, -0.05) is 176 Å². The topological polar surface area (TPSA) is 16.4 Å². The summed E-state index contributed by atoms with van der Waals surface area (Å²) in [6.07, 6.45) is 0. The summed E-state index contributed by atoms with van der Waals surface area (Å²) in [6, 6.07) is 75.7. The number of fused-ring (bicyclic) bond motifs is 5. The van der Waals surface area contributed by atoms with E-state index in [4.69, 9.17) is 4.42 Å². The summed E-state index contributed by atoms with van der Waals surface area (Å²) >= 11 is 0. The second-order valence-electron chi connectivity index (χ2n) is 13.7. The molecule has 0 aliphatic carbocycles. The maximum Gasteiger partial charge on any atom is 0.160 e. The van der Waals surface area contributed by atoms with Gasteiger partial charge < -0.3 is 9.32 Å². The highest BCUT2D eigenvalue weighted by atomic mass is 16.3. The van der Waals surface area contributed by atoms with Crippen molar-refractivity contribution in [1.29, 1.82) is 0 Å². The lowest BCUT2D eigenvalue weighted by atomic mass is 9.97. The molecule has 0 atom stereocenters. The minimum atomic E-state index is 0.857. The Morgan fingerprint density at radius 2 is 0.685 bits per heavy atom. The monoisotopic (exact) mass is 689 g/mol. The van der Waals surface area contributed by atoms with Crippen LogP contribution in [-0.4, -0.2) is 0 Å². The fourth-order valence-corrected chi connectivity index (χ4v) is 7.76. The number of hydrogen-bond donors (Lipinski definition) is 0. The number of hydrogen-bond acceptors (Lipinski definition) is 2. The van der Waals surface area contributed by atoms with Crippen molar-refractivity contribution in [2.24, 2.45) is 0 Å². The molecule has 0 unspecified atom stereocenters. The van der Waals surface area contributed by atoms with Crippen molar-refractivity contribution in [3.05, 3.63) is 212 Å². The van der Waals surface area contributed by atoms with E-state index in [2.05, 4.69) is 217 Å². The molecule has 0 N–H and O–H groups in total. The van der Waals surface area contributed by atoms with E-state index in [-0.39, 0.29) is 0 Å². The summed E-state index contributed by atoms with van der Waals surface area (Å²) in [5, 5.41) is 4.47. The van der Waals surface area contributed by atoms with E-state index in [0.717, 1.165) is 66.5 Å². The van der Waals surface area contributed by atoms with E-state index in [0.29, 0.717) is 0 Å². The third-order valence-corrected chi connectivity index (χ3v) is 10.5. The first kappa shape index (κ1) is 31.6. The number of anilines is 3. The first-order valence-corrected chi connectivity index (χ1v) is 18.4. The van der Waals surface area contributed by atoms with Crippen LogP contribution in [0, 0.1) is 0 Å². The fourth-order valence-electron chi connectivity index (χ4n) is 7.76. The Kier molecular flexibility index (Phi) is 7.85. The van der Waals surface area contributed by atoms with Crippen LogP contribution in [0.15, 0.2) is 217 Å². The second kappa shape index (κ2) is 13.4. The van der Waals surface area contributed by atoms with Gasteiger partial charge in [-0.05, 0) is 80.7 Å². The van der Waals surface area contributed by atoms with Crippen molar-refractivity contribution in [1.82, 2.24) is 0 Å². The Hall–Kier alpha value is -7.16. The van der Waals surface area contributed by atoms with Crippen molar-refractivity contribution < 1.29 is 4.42 Å². The van der Waals surface area contributed by atoms with Crippen LogP contribution < -0.4 is 4.90 Å². The molecule has 10 aromatic rings. The molecule has 0 spiro atoms. The van der Waals surface area contributed by atoms with Crippen LogP contribution in [-0.2, 0) is 0 Å². The molecule has 254 valence electrons. The van der Waals surface area contributed by atoms with Crippen LogP contribution in [0.25, 0.3) is 77.2 Å². The Balaban J connectivity index is 1.17. The predicted octanol–water partition coefficient (Wildman–Crippen LogP) is 14.9. The molecule has 9 aromatic carbocycles. The Labute approximate surface area is 314 Å². The summed E-state index contributed by atoms with van der Waals surface area (Å²) in [4.78, 5) is 2.37. The smallest absolute Gasteiger partial charge is 0.160 e. The largest absolute Gasteiger partial charge is 0.453 e. The zero-order valence-corrected chi connectivity index (χ0v) is 29.6. The molecule has 0 saturated heterocycles. The van der Waals surface area contributed by atoms with Crippen molar-refractivity contribution in [2.45, 2.75) is 0 Å². The number of rotatable bonds is 7. The lowest BCUT2D eigenvalue weighted by molar-refractivity contribution is 0.673. The van der Waals surface area contributed by atoms with E-state index in [1.807, 2.05) is 0 Å². The molecular weight excluding hydrogens is 655 g/mol. The minimum Gasteiger partial charge on any atom is -0.453 e. The molecule has 0 aliphatic rings. The van der Waals surface area contributed by atoms with Crippen molar-refractivity contribution in [3.63, 3.8) is 0 Å². The van der Waals surface area contributed by atoms with Gasteiger partial charge in [0.25, 0.3) is 0 Å². The average molecular weight is 690 g/mol. The van der Waals surface area contributed by atoms with Gasteiger partial charge in [-0.3, -0.25) is 0 Å². The summed E-state index contributed by atoms with van der Waals surface area (Å²) in [5.74, 6) is 0. The third kappa shape index (κ3) is 5.62. The van der Waals surface area contributed by atoms with Crippen molar-refractivity contribution in [3.8, 4) is 44.5 Å². The Bertz CT molecular complexity index is 2880. The summed E-state index contributed by atoms with van der Waals surface area (Å²) in [5.41, 5.74) is 14.2. The number of benzene rings is 9. The van der Waals surface area contributed by atoms with Crippen LogP contribution >= 0.6 is 0 Å². The Morgan fingerprint density at radius 3 is 1.22 bits per heavy atom. The van der Waals surface area contributed by atoms with Gasteiger partial charge in [-0.15, -0.1) is 0 Å². The quantitative estimate of drug-likeness (QED) is 0.166. The van der Waals surface area contributed by atoms with Gasteiger partial charge in [0.05, 0.1) is 5.69 Å². The molecule has 54 heavy (non-hydrogen) atoms. The van der Waals surface area contributed by atoms with Gasteiger partial charge >= 0.3 is 0 Å². The molecule has 0 radical (unpaired) electrons. The molecule has 0 amide bonds. The second-order valence-corrected chi connectivity index (χ2v) is 13.7. The van der Waals surface area contributed by atoms with E-state index in [1.165, 1.54) is 27.8 Å². The molecule has 0 bridgehead atoms. The first-order chi connectivity index (χ1) is 26.8. The zero-order valence-electron chi connectivity index (χ0n) is 29.6. The van der Waals surface area contributed by atoms with Gasteiger partial charge in [-0.2, -0.15) is 0 Å². The maximum atomic E-state index is 7.08. The van der Waals surface area contributed by atoms with Crippen LogP contribution in [0.5, 0.6) is 0 Å². The van der Waals surface area contributed by atoms with Gasteiger partial charge in [0.2, 0.25) is 0 Å². The number of nitrogens with zero attached hydrogens (tertiary/aromatic N) is 1. The van der Waals surface area contributed by atoms with Crippen molar-refractivity contribution in [2.75, 3.05) is 4.90 Å². The molecule has 2 nitrogen and oxygen atoms in total. The van der Waals surface area contributed by atoms with Crippen molar-refractivity contribution >= 4 is 49.8 Å². The lowest BCUT2D eigenvalue weighted by Crippen LogP contribution is -2.11. The molecule has 1 aromatic heterocycles. The summed E-state index contributed by atoms with van der Waals surface area (Å²) < 4.78 is 7.08. The zero-order chi connectivity index (χ0) is 35.8. The first-order valence-electron chi connectivity index (χ1n) is 18.4. The number of furan rings is 1. The molecule has 0 fully saturated rings. The maximum absolute atomic E-state index is 7.08. The van der Waals surface area contributed by atoms with E-state index < -0.39 is 0 Å². The normalized spacial score (nSPS) is 11.3. The molecule has 10 rings (SSSR count). The fraction of sp³-hybridized carbons (Fsp3) is 0. The SMILES string of the molecule is c1ccc(-c2ccc(-c3ccc(N(c4ccc(-c5ccccc5)cc4)c4c(-c5ccccc5)ccc5c4oc4c6ccccc6ccc54)cc3)cc2)cc1. The van der Waals surface area contributed by atoms with Crippen LogP contribution in [0.3, 0.4) is 0 Å². The van der Waals surface area contributed by atoms with Gasteiger partial charge in [0, 0.05) is 33.1 Å². The third-order valence-electron chi connectivity index (χ3n) is 10.5. The molecule has 2 heteroatoms. The van der Waals surface area contributed by atoms with Gasteiger partial charge in [0.15, 0.2) is 5.58 Å². The highest BCUT2D eigenvalue weighted by Gasteiger charge is 2.24. The van der Waals surface area contributed by atoms with Gasteiger partial charge in [0.1, 0.15) is 5.58 Å². The molecule has 0 aliphatic heterocycles. The molecule has 0 saturated carbocycles. The predicted molar refractivity (Wildman–Crippen MR) is 228 cm³/mol. The van der Waals surface area contributed by atoms with E-state index in [1.54, 1.807) is 0 Å². The summed E-state index contributed by atoms with van der Waals surface area (Å²) in [7, 11) is 0. The van der Waals surface area contributed by atoms with E-state index in [9.17, 15) is 0 Å². The van der Waals surface area contributed by atoms with Crippen LogP contribution in [0.4, 0.5) is 17.1 Å². The van der Waals surface area contributed by atoms with Crippen LogP contribution in [0.1, 0.15) is 0 Å². The lowest BCUT2D eigenvalue weighted by Gasteiger charge is -2.28. The molecule has 1 heterocycles. The minimum absolute atomic E-state index is 0.857. The highest BCUT2D eigenvalue weighted by Crippen LogP contribution is 2.48. The van der Waals surface area contributed by atoms with Crippen LogP contribution in [0.2, 0.25) is 0 Å².